The lowest BCUT2D eigenvalue weighted by Gasteiger charge is -2.27. The summed E-state index contributed by atoms with van der Waals surface area (Å²) >= 11 is 0. The molecular formula is C15H24N2O. The fourth-order valence-corrected chi connectivity index (χ4v) is 2.83. The lowest BCUT2D eigenvalue weighted by molar-refractivity contribution is 0.0605. The number of rotatable bonds is 4. The summed E-state index contributed by atoms with van der Waals surface area (Å²) in [5.41, 5.74) is 6.89. The molecule has 0 amide bonds. The fraction of sp³-hybridized carbons (Fsp3) is 0.600. The molecule has 100 valence electrons. The predicted octanol–water partition coefficient (Wildman–Crippen LogP) is 2.62. The lowest BCUT2D eigenvalue weighted by atomic mass is 9.89. The van der Waals surface area contributed by atoms with Crippen LogP contribution in [-0.4, -0.2) is 13.2 Å². The Morgan fingerprint density at radius 1 is 1.22 bits per heavy atom. The van der Waals surface area contributed by atoms with Crippen LogP contribution in [0, 0.1) is 19.8 Å². The number of hydrogen-bond acceptors (Lipinski definition) is 3. The summed E-state index contributed by atoms with van der Waals surface area (Å²) < 4.78 is 5.41. The number of aryl methyl sites for hydroxylation is 2. The van der Waals surface area contributed by atoms with E-state index in [0.717, 1.165) is 38.4 Å². The zero-order valence-corrected chi connectivity index (χ0v) is 11.4. The van der Waals surface area contributed by atoms with Crippen molar-refractivity contribution >= 4 is 0 Å². The average molecular weight is 248 g/mol. The summed E-state index contributed by atoms with van der Waals surface area (Å²) in [4.78, 5) is 0. The van der Waals surface area contributed by atoms with Crippen LogP contribution in [0.2, 0.25) is 0 Å². The minimum Gasteiger partial charge on any atom is -0.381 e. The Bertz CT molecular complexity index is 366. The van der Waals surface area contributed by atoms with Crippen LogP contribution in [0.25, 0.3) is 0 Å². The van der Waals surface area contributed by atoms with Gasteiger partial charge < -0.3 is 4.74 Å². The Morgan fingerprint density at radius 2 is 1.83 bits per heavy atom. The van der Waals surface area contributed by atoms with E-state index in [1.807, 2.05) is 0 Å². The van der Waals surface area contributed by atoms with E-state index in [2.05, 4.69) is 37.5 Å². The van der Waals surface area contributed by atoms with Crippen molar-refractivity contribution in [1.82, 2.24) is 5.43 Å². The molecule has 1 aromatic rings. The standard InChI is InChI=1S/C15H24N2O/c1-11-7-12(2)9-14(8-11)15(17-16)10-13-3-5-18-6-4-13/h7-9,13,15,17H,3-6,10,16H2,1-2H3. The minimum absolute atomic E-state index is 0.256. The minimum atomic E-state index is 0.256. The second-order valence-corrected chi connectivity index (χ2v) is 5.43. The Labute approximate surface area is 110 Å². The molecular weight excluding hydrogens is 224 g/mol. The SMILES string of the molecule is Cc1cc(C)cc(C(CC2CCOCC2)NN)c1. The van der Waals surface area contributed by atoms with Crippen molar-refractivity contribution in [2.24, 2.45) is 11.8 Å². The quantitative estimate of drug-likeness (QED) is 0.636. The van der Waals surface area contributed by atoms with Gasteiger partial charge in [-0.25, -0.2) is 0 Å². The Hall–Kier alpha value is -0.900. The molecule has 2 rings (SSSR count). The van der Waals surface area contributed by atoms with E-state index in [1.165, 1.54) is 16.7 Å². The van der Waals surface area contributed by atoms with Crippen LogP contribution in [0.15, 0.2) is 18.2 Å². The van der Waals surface area contributed by atoms with Gasteiger partial charge in [0.1, 0.15) is 0 Å². The molecule has 3 nitrogen and oxygen atoms in total. The van der Waals surface area contributed by atoms with Crippen LogP contribution in [0.5, 0.6) is 0 Å². The summed E-state index contributed by atoms with van der Waals surface area (Å²) in [6, 6.07) is 6.92. The van der Waals surface area contributed by atoms with E-state index in [1.54, 1.807) is 0 Å². The van der Waals surface area contributed by atoms with Gasteiger partial charge >= 0.3 is 0 Å². The van der Waals surface area contributed by atoms with Gasteiger partial charge in [0.25, 0.3) is 0 Å². The number of nitrogens with two attached hydrogens (primary N) is 1. The average Bonchev–Trinajstić information content (AvgIpc) is 2.36. The zero-order chi connectivity index (χ0) is 13.0. The van der Waals surface area contributed by atoms with Crippen molar-refractivity contribution in [3.05, 3.63) is 34.9 Å². The lowest BCUT2D eigenvalue weighted by Crippen LogP contribution is -2.31. The van der Waals surface area contributed by atoms with Crippen molar-refractivity contribution in [3.63, 3.8) is 0 Å². The Balaban J connectivity index is 2.06. The molecule has 0 aromatic heterocycles. The van der Waals surface area contributed by atoms with Gasteiger partial charge in [-0.15, -0.1) is 0 Å². The van der Waals surface area contributed by atoms with Crippen molar-refractivity contribution in [3.8, 4) is 0 Å². The van der Waals surface area contributed by atoms with Gasteiger partial charge in [0.15, 0.2) is 0 Å². The number of benzene rings is 1. The normalized spacial score (nSPS) is 18.8. The highest BCUT2D eigenvalue weighted by atomic mass is 16.5. The largest absolute Gasteiger partial charge is 0.381 e. The first-order chi connectivity index (χ1) is 8.69. The van der Waals surface area contributed by atoms with Gasteiger partial charge in [0, 0.05) is 19.3 Å². The van der Waals surface area contributed by atoms with Gasteiger partial charge in [-0.05, 0) is 44.6 Å². The molecule has 1 fully saturated rings. The highest BCUT2D eigenvalue weighted by Gasteiger charge is 2.20. The van der Waals surface area contributed by atoms with E-state index in [4.69, 9.17) is 10.6 Å². The topological polar surface area (TPSA) is 47.3 Å². The first-order valence-electron chi connectivity index (χ1n) is 6.81. The van der Waals surface area contributed by atoms with Crippen LogP contribution in [0.3, 0.4) is 0 Å². The zero-order valence-electron chi connectivity index (χ0n) is 11.4. The van der Waals surface area contributed by atoms with E-state index in [-0.39, 0.29) is 6.04 Å². The van der Waals surface area contributed by atoms with Crippen molar-refractivity contribution in [2.45, 2.75) is 39.2 Å². The first-order valence-corrected chi connectivity index (χ1v) is 6.81. The summed E-state index contributed by atoms with van der Waals surface area (Å²) in [5.74, 6) is 6.46. The maximum atomic E-state index is 5.74. The van der Waals surface area contributed by atoms with E-state index >= 15 is 0 Å². The number of ether oxygens (including phenoxy) is 1. The maximum absolute atomic E-state index is 5.74. The molecule has 1 aromatic carbocycles. The molecule has 1 aliphatic heterocycles. The molecule has 1 saturated heterocycles. The van der Waals surface area contributed by atoms with Gasteiger partial charge in [-0.1, -0.05) is 29.3 Å². The summed E-state index contributed by atoms with van der Waals surface area (Å²) in [7, 11) is 0. The number of hydrazine groups is 1. The van der Waals surface area contributed by atoms with Gasteiger partial charge in [-0.2, -0.15) is 0 Å². The summed E-state index contributed by atoms with van der Waals surface area (Å²) in [5, 5.41) is 0. The summed E-state index contributed by atoms with van der Waals surface area (Å²) in [6.45, 7) is 6.07. The summed E-state index contributed by atoms with van der Waals surface area (Å²) in [6.07, 6.45) is 3.41. The van der Waals surface area contributed by atoms with Crippen LogP contribution >= 0.6 is 0 Å². The molecule has 18 heavy (non-hydrogen) atoms. The molecule has 0 radical (unpaired) electrons. The molecule has 3 N–H and O–H groups in total. The first kappa shape index (κ1) is 13.5. The molecule has 0 spiro atoms. The van der Waals surface area contributed by atoms with Gasteiger partial charge in [0.05, 0.1) is 0 Å². The van der Waals surface area contributed by atoms with Crippen molar-refractivity contribution in [2.75, 3.05) is 13.2 Å². The van der Waals surface area contributed by atoms with E-state index in [0.29, 0.717) is 0 Å². The van der Waals surface area contributed by atoms with Gasteiger partial charge in [-0.3, -0.25) is 11.3 Å². The van der Waals surface area contributed by atoms with Gasteiger partial charge in [0.2, 0.25) is 0 Å². The predicted molar refractivity (Wildman–Crippen MR) is 74.1 cm³/mol. The van der Waals surface area contributed by atoms with Crippen molar-refractivity contribution in [1.29, 1.82) is 0 Å². The van der Waals surface area contributed by atoms with Crippen LogP contribution in [-0.2, 0) is 4.74 Å². The molecule has 0 aliphatic carbocycles. The van der Waals surface area contributed by atoms with Crippen LogP contribution in [0.1, 0.15) is 42.0 Å². The van der Waals surface area contributed by atoms with E-state index in [9.17, 15) is 0 Å². The third kappa shape index (κ3) is 3.55. The third-order valence-electron chi connectivity index (χ3n) is 3.76. The Morgan fingerprint density at radius 3 is 2.39 bits per heavy atom. The molecule has 1 atom stereocenters. The van der Waals surface area contributed by atoms with Crippen LogP contribution in [0.4, 0.5) is 0 Å². The van der Waals surface area contributed by atoms with E-state index < -0.39 is 0 Å². The fourth-order valence-electron chi connectivity index (χ4n) is 2.83. The third-order valence-corrected chi connectivity index (χ3v) is 3.76. The second-order valence-electron chi connectivity index (χ2n) is 5.43. The highest BCUT2D eigenvalue weighted by molar-refractivity contribution is 5.30. The Kier molecular flexibility index (Phi) is 4.75. The van der Waals surface area contributed by atoms with Crippen LogP contribution < -0.4 is 11.3 Å². The second kappa shape index (κ2) is 6.32. The number of hydrogen-bond donors (Lipinski definition) is 2. The molecule has 0 saturated carbocycles. The molecule has 1 heterocycles. The molecule has 1 aliphatic rings. The molecule has 1 unspecified atom stereocenters. The highest BCUT2D eigenvalue weighted by Crippen LogP contribution is 2.28. The number of nitrogens with one attached hydrogen (secondary N) is 1. The smallest absolute Gasteiger partial charge is 0.0468 e. The van der Waals surface area contributed by atoms with Crippen molar-refractivity contribution < 1.29 is 4.74 Å². The molecule has 0 bridgehead atoms. The molecule has 3 heteroatoms. The maximum Gasteiger partial charge on any atom is 0.0468 e. The monoisotopic (exact) mass is 248 g/mol.